The highest BCUT2D eigenvalue weighted by Crippen LogP contribution is 2.14. The summed E-state index contributed by atoms with van der Waals surface area (Å²) in [6.45, 7) is 4.52. The summed E-state index contributed by atoms with van der Waals surface area (Å²) in [6.07, 6.45) is 2.18. The van der Waals surface area contributed by atoms with Crippen molar-refractivity contribution < 1.29 is 9.90 Å². The Hall–Kier alpha value is -1.34. The molecule has 0 amide bonds. The number of hydrogen-bond acceptors (Lipinski definition) is 5. The Labute approximate surface area is 122 Å². The molecule has 20 heavy (non-hydrogen) atoms. The maximum absolute atomic E-state index is 11.5. The number of hydrogen-bond donors (Lipinski definition) is 3. The van der Waals surface area contributed by atoms with Gasteiger partial charge in [0.15, 0.2) is 5.16 Å². The highest BCUT2D eigenvalue weighted by atomic mass is 32.2. The number of carboxylic acids is 1. The molecule has 0 saturated heterocycles. The van der Waals surface area contributed by atoms with Crippen molar-refractivity contribution in [3.8, 4) is 0 Å². The molecule has 112 valence electrons. The van der Waals surface area contributed by atoms with Crippen LogP contribution in [0.5, 0.6) is 0 Å². The third-order valence-corrected chi connectivity index (χ3v) is 3.58. The average Bonchev–Trinajstić information content (AvgIpc) is 2.37. The minimum Gasteiger partial charge on any atom is -0.480 e. The van der Waals surface area contributed by atoms with Crippen molar-refractivity contribution in [2.45, 2.75) is 44.3 Å². The van der Waals surface area contributed by atoms with Gasteiger partial charge >= 0.3 is 5.97 Å². The summed E-state index contributed by atoms with van der Waals surface area (Å²) < 4.78 is 0. The number of carboxylic acid groups (broad SMARTS) is 1. The fourth-order valence-electron chi connectivity index (χ4n) is 1.77. The number of likely N-dealkylation sites (N-methyl/N-ethyl adjacent to an activating group) is 1. The zero-order valence-electron chi connectivity index (χ0n) is 11.8. The molecule has 6 nitrogen and oxygen atoms in total. The first-order valence-electron chi connectivity index (χ1n) is 6.76. The molecule has 1 aromatic heterocycles. The van der Waals surface area contributed by atoms with Crippen LogP contribution in [0.4, 0.5) is 0 Å². The molecule has 1 unspecified atom stereocenters. The Morgan fingerprint density at radius 1 is 1.55 bits per heavy atom. The lowest BCUT2D eigenvalue weighted by Gasteiger charge is -2.12. The van der Waals surface area contributed by atoms with Crippen LogP contribution in [0.25, 0.3) is 0 Å². The molecule has 0 fully saturated rings. The van der Waals surface area contributed by atoms with Crippen molar-refractivity contribution in [2.24, 2.45) is 0 Å². The van der Waals surface area contributed by atoms with E-state index in [9.17, 15) is 9.59 Å². The molecule has 0 spiro atoms. The van der Waals surface area contributed by atoms with Crippen LogP contribution in [0.2, 0.25) is 0 Å². The third-order valence-electron chi connectivity index (χ3n) is 2.67. The van der Waals surface area contributed by atoms with Gasteiger partial charge in [0.2, 0.25) is 0 Å². The van der Waals surface area contributed by atoms with E-state index in [2.05, 4.69) is 15.3 Å². The summed E-state index contributed by atoms with van der Waals surface area (Å²) in [5, 5.41) is 12.5. The van der Waals surface area contributed by atoms with Gasteiger partial charge in [-0.15, -0.1) is 0 Å². The third kappa shape index (κ3) is 5.75. The zero-order chi connectivity index (χ0) is 15.0. The van der Waals surface area contributed by atoms with Crippen molar-refractivity contribution in [2.75, 3.05) is 12.3 Å². The van der Waals surface area contributed by atoms with Gasteiger partial charge in [-0.2, -0.15) is 0 Å². The Balaban J connectivity index is 2.56. The van der Waals surface area contributed by atoms with Crippen LogP contribution in [0, 0.1) is 0 Å². The van der Waals surface area contributed by atoms with E-state index in [1.54, 1.807) is 0 Å². The summed E-state index contributed by atoms with van der Waals surface area (Å²) in [5.74, 6) is -0.267. The van der Waals surface area contributed by atoms with E-state index >= 15 is 0 Å². The number of nitrogens with one attached hydrogen (secondary N) is 2. The maximum atomic E-state index is 11.5. The number of rotatable bonds is 9. The summed E-state index contributed by atoms with van der Waals surface area (Å²) in [4.78, 5) is 29.5. The largest absolute Gasteiger partial charge is 0.480 e. The number of aromatic nitrogens is 2. The number of aromatic amines is 1. The number of aryl methyl sites for hydroxylation is 1. The Kier molecular flexibility index (Phi) is 7.32. The first-order chi connectivity index (χ1) is 9.56. The van der Waals surface area contributed by atoms with Crippen LogP contribution < -0.4 is 10.9 Å². The van der Waals surface area contributed by atoms with Gasteiger partial charge in [0.25, 0.3) is 5.56 Å². The number of nitrogens with zero attached hydrogens (tertiary/aromatic N) is 1. The van der Waals surface area contributed by atoms with Gasteiger partial charge in [0.1, 0.15) is 6.04 Å². The molecule has 0 aliphatic rings. The molecule has 0 saturated carbocycles. The van der Waals surface area contributed by atoms with Crippen molar-refractivity contribution >= 4 is 17.7 Å². The average molecular weight is 299 g/mol. The van der Waals surface area contributed by atoms with Crippen LogP contribution in [0.3, 0.4) is 0 Å². The SMILES string of the molecule is CCCc1cc(=O)[nH]c(SCCC(NCC)C(=O)O)n1. The zero-order valence-corrected chi connectivity index (χ0v) is 12.6. The van der Waals surface area contributed by atoms with E-state index in [1.165, 1.54) is 17.8 Å². The van der Waals surface area contributed by atoms with E-state index in [0.717, 1.165) is 18.5 Å². The van der Waals surface area contributed by atoms with E-state index in [4.69, 9.17) is 5.11 Å². The van der Waals surface area contributed by atoms with Crippen LogP contribution in [-0.2, 0) is 11.2 Å². The van der Waals surface area contributed by atoms with Gasteiger partial charge < -0.3 is 15.4 Å². The fourth-order valence-corrected chi connectivity index (χ4v) is 2.67. The highest BCUT2D eigenvalue weighted by Gasteiger charge is 2.15. The quantitative estimate of drug-likeness (QED) is 0.469. The predicted molar refractivity (Wildman–Crippen MR) is 79.3 cm³/mol. The van der Waals surface area contributed by atoms with E-state index < -0.39 is 12.0 Å². The first kappa shape index (κ1) is 16.7. The molecule has 3 N–H and O–H groups in total. The minimum absolute atomic E-state index is 0.160. The van der Waals surface area contributed by atoms with Gasteiger partial charge in [0, 0.05) is 17.5 Å². The predicted octanol–water partition coefficient (Wildman–Crippen LogP) is 1.27. The Morgan fingerprint density at radius 2 is 2.30 bits per heavy atom. The summed E-state index contributed by atoms with van der Waals surface area (Å²) in [7, 11) is 0. The van der Waals surface area contributed by atoms with Crippen molar-refractivity contribution in [3.05, 3.63) is 22.1 Å². The molecule has 7 heteroatoms. The Morgan fingerprint density at radius 3 is 2.90 bits per heavy atom. The van der Waals surface area contributed by atoms with Gasteiger partial charge in [-0.3, -0.25) is 9.59 Å². The highest BCUT2D eigenvalue weighted by molar-refractivity contribution is 7.99. The molecule has 1 rings (SSSR count). The second kappa shape index (κ2) is 8.76. The van der Waals surface area contributed by atoms with E-state index in [0.29, 0.717) is 23.9 Å². The number of aliphatic carboxylic acids is 1. The summed E-state index contributed by atoms with van der Waals surface area (Å²) in [6, 6.07) is 0.949. The molecule has 0 aliphatic carbocycles. The van der Waals surface area contributed by atoms with Crippen LogP contribution in [-0.4, -0.2) is 39.4 Å². The second-order valence-electron chi connectivity index (χ2n) is 4.38. The van der Waals surface area contributed by atoms with Gasteiger partial charge in [-0.25, -0.2) is 4.98 Å². The van der Waals surface area contributed by atoms with Gasteiger partial charge in [0.05, 0.1) is 0 Å². The lowest BCUT2D eigenvalue weighted by Crippen LogP contribution is -2.36. The maximum Gasteiger partial charge on any atom is 0.320 e. The van der Waals surface area contributed by atoms with Gasteiger partial charge in [-0.1, -0.05) is 32.0 Å². The standard InChI is InChI=1S/C13H21N3O3S/c1-3-5-9-8-11(17)16-13(15-9)20-7-6-10(12(18)19)14-4-2/h8,10,14H,3-7H2,1-2H3,(H,18,19)(H,15,16,17). The monoisotopic (exact) mass is 299 g/mol. The number of H-pyrrole nitrogens is 1. The Bertz CT molecular complexity index is 490. The smallest absolute Gasteiger partial charge is 0.320 e. The van der Waals surface area contributed by atoms with Crippen molar-refractivity contribution in [1.82, 2.24) is 15.3 Å². The lowest BCUT2D eigenvalue weighted by atomic mass is 10.2. The van der Waals surface area contributed by atoms with Crippen LogP contribution in [0.15, 0.2) is 16.0 Å². The number of thioether (sulfide) groups is 1. The van der Waals surface area contributed by atoms with Crippen molar-refractivity contribution in [1.29, 1.82) is 0 Å². The van der Waals surface area contributed by atoms with Gasteiger partial charge in [-0.05, 0) is 19.4 Å². The molecule has 0 aromatic carbocycles. The molecular weight excluding hydrogens is 278 g/mol. The minimum atomic E-state index is -0.853. The van der Waals surface area contributed by atoms with Crippen LogP contribution >= 0.6 is 11.8 Å². The second-order valence-corrected chi connectivity index (χ2v) is 5.46. The lowest BCUT2D eigenvalue weighted by molar-refractivity contribution is -0.139. The first-order valence-corrected chi connectivity index (χ1v) is 7.74. The molecular formula is C13H21N3O3S. The molecule has 1 heterocycles. The molecule has 0 aliphatic heterocycles. The molecule has 0 bridgehead atoms. The van der Waals surface area contributed by atoms with E-state index in [-0.39, 0.29) is 5.56 Å². The topological polar surface area (TPSA) is 95.1 Å². The number of carbonyl (C=O) groups is 1. The normalized spacial score (nSPS) is 12.3. The summed E-state index contributed by atoms with van der Waals surface area (Å²) >= 11 is 1.38. The van der Waals surface area contributed by atoms with Crippen molar-refractivity contribution in [3.63, 3.8) is 0 Å². The molecule has 0 radical (unpaired) electrons. The summed E-state index contributed by atoms with van der Waals surface area (Å²) in [5.41, 5.74) is 0.618. The fraction of sp³-hybridized carbons (Fsp3) is 0.615. The molecule has 1 aromatic rings. The molecule has 1 atom stereocenters. The van der Waals surface area contributed by atoms with Crippen LogP contribution in [0.1, 0.15) is 32.4 Å². The van der Waals surface area contributed by atoms with E-state index in [1.807, 2.05) is 13.8 Å².